The van der Waals surface area contributed by atoms with E-state index in [4.69, 9.17) is 0 Å². The number of carbonyl (C=O) groups is 2. The summed E-state index contributed by atoms with van der Waals surface area (Å²) in [4.78, 5) is 22.6. The van der Waals surface area contributed by atoms with Gasteiger partial charge >= 0.3 is 0 Å². The number of imide groups is 1. The van der Waals surface area contributed by atoms with Crippen molar-refractivity contribution in [2.75, 3.05) is 0 Å². The van der Waals surface area contributed by atoms with Crippen LogP contribution < -0.4 is 5.32 Å². The Bertz CT molecular complexity index is 410. The lowest BCUT2D eigenvalue weighted by atomic mass is 9.99. The zero-order chi connectivity index (χ0) is 10.1. The molecule has 1 aliphatic heterocycles. The van der Waals surface area contributed by atoms with E-state index in [1.54, 1.807) is 12.1 Å². The van der Waals surface area contributed by atoms with E-state index in [1.165, 1.54) is 0 Å². The predicted octanol–water partition coefficient (Wildman–Crippen LogP) is 1.54. The van der Waals surface area contributed by atoms with Crippen LogP contribution in [0.25, 0.3) is 0 Å². The van der Waals surface area contributed by atoms with Crippen LogP contribution in [0, 0.1) is 0 Å². The van der Waals surface area contributed by atoms with Crippen LogP contribution >= 0.6 is 0 Å². The minimum Gasteiger partial charge on any atom is -0.267 e. The number of fused-ring (bicyclic) bond motifs is 1. The molecule has 1 radical (unpaired) electrons. The Labute approximate surface area is 82.1 Å². The number of rotatable bonds is 2. The average molecular weight is 188 g/mol. The highest BCUT2D eigenvalue weighted by atomic mass is 16.2. The highest BCUT2D eigenvalue weighted by Gasteiger charge is 2.30. The molecule has 0 aromatic heterocycles. The lowest BCUT2D eigenvalue weighted by Crippen LogP contribution is -2.11. The lowest BCUT2D eigenvalue weighted by molar-refractivity contribution is 0.0873. The Kier molecular flexibility index (Phi) is 2.08. The van der Waals surface area contributed by atoms with E-state index < -0.39 is 5.91 Å². The van der Waals surface area contributed by atoms with Gasteiger partial charge in [0.15, 0.2) is 0 Å². The highest BCUT2D eigenvalue weighted by Crippen LogP contribution is 2.21. The van der Waals surface area contributed by atoms with Crippen molar-refractivity contribution in [2.45, 2.75) is 19.8 Å². The molecule has 0 atom stereocenters. The Morgan fingerprint density at radius 1 is 1.21 bits per heavy atom. The van der Waals surface area contributed by atoms with Crippen molar-refractivity contribution >= 4 is 11.8 Å². The van der Waals surface area contributed by atoms with E-state index in [2.05, 4.69) is 5.32 Å². The van der Waals surface area contributed by atoms with Crippen LogP contribution in [0.2, 0.25) is 0 Å². The zero-order valence-corrected chi connectivity index (χ0v) is 7.91. The molecule has 1 aromatic carbocycles. The second-order valence-corrected chi connectivity index (χ2v) is 3.31. The largest absolute Gasteiger partial charge is 0.281 e. The van der Waals surface area contributed by atoms with Gasteiger partial charge in [0.05, 0.1) is 11.1 Å². The molecule has 3 heteroatoms. The summed E-state index contributed by atoms with van der Waals surface area (Å²) >= 11 is 0. The van der Waals surface area contributed by atoms with Gasteiger partial charge in [-0.05, 0) is 18.1 Å². The molecule has 1 aliphatic rings. The fourth-order valence-corrected chi connectivity index (χ4v) is 1.72. The van der Waals surface area contributed by atoms with Gasteiger partial charge in [-0.3, -0.25) is 9.59 Å². The summed E-state index contributed by atoms with van der Waals surface area (Å²) in [5.74, 6) is -0.781. The molecule has 0 saturated heterocycles. The van der Waals surface area contributed by atoms with Crippen LogP contribution in [-0.2, 0) is 6.42 Å². The highest BCUT2D eigenvalue weighted by molar-refractivity contribution is 6.21. The monoisotopic (exact) mass is 188 g/mol. The van der Waals surface area contributed by atoms with Gasteiger partial charge in [-0.1, -0.05) is 25.5 Å². The van der Waals surface area contributed by atoms with Gasteiger partial charge in [0.25, 0.3) is 11.8 Å². The Morgan fingerprint density at radius 3 is 2.71 bits per heavy atom. The quantitative estimate of drug-likeness (QED) is 0.661. The third kappa shape index (κ3) is 1.21. The third-order valence-electron chi connectivity index (χ3n) is 2.32. The molecular formula is C11H10NO2. The summed E-state index contributed by atoms with van der Waals surface area (Å²) in [7, 11) is 0. The van der Waals surface area contributed by atoms with E-state index in [0.717, 1.165) is 18.4 Å². The summed E-state index contributed by atoms with van der Waals surface area (Å²) in [6.45, 7) is 2.04. The average Bonchev–Trinajstić information content (AvgIpc) is 2.44. The number of benzene rings is 1. The Balaban J connectivity index is 2.56. The molecular weight excluding hydrogens is 178 g/mol. The van der Waals surface area contributed by atoms with Crippen molar-refractivity contribution in [3.05, 3.63) is 34.9 Å². The second kappa shape index (κ2) is 3.25. The van der Waals surface area contributed by atoms with Crippen molar-refractivity contribution in [2.24, 2.45) is 0 Å². The smallest absolute Gasteiger partial charge is 0.267 e. The van der Waals surface area contributed by atoms with Crippen molar-refractivity contribution in [3.63, 3.8) is 0 Å². The van der Waals surface area contributed by atoms with Gasteiger partial charge in [-0.15, -0.1) is 0 Å². The lowest BCUT2D eigenvalue weighted by Gasteiger charge is -2.02. The third-order valence-corrected chi connectivity index (χ3v) is 2.32. The van der Waals surface area contributed by atoms with Crippen LogP contribution in [0.15, 0.2) is 18.2 Å². The molecule has 71 valence electrons. The van der Waals surface area contributed by atoms with Gasteiger partial charge in [-0.25, -0.2) is 0 Å². The molecule has 3 nitrogen and oxygen atoms in total. The summed E-state index contributed by atoms with van der Waals surface area (Å²) < 4.78 is 0. The maximum Gasteiger partial charge on any atom is 0.281 e. The fourth-order valence-electron chi connectivity index (χ4n) is 1.72. The second-order valence-electron chi connectivity index (χ2n) is 3.31. The summed E-state index contributed by atoms with van der Waals surface area (Å²) in [6, 6.07) is 5.34. The van der Waals surface area contributed by atoms with E-state index >= 15 is 0 Å². The van der Waals surface area contributed by atoms with Gasteiger partial charge < -0.3 is 0 Å². The molecule has 0 saturated carbocycles. The number of carbonyl (C=O) groups excluding carboxylic acids is 2. The number of amides is 2. The maximum absolute atomic E-state index is 11.4. The van der Waals surface area contributed by atoms with Crippen molar-refractivity contribution < 1.29 is 9.59 Å². The first kappa shape index (κ1) is 8.94. The fraction of sp³-hybridized carbons (Fsp3) is 0.273. The standard InChI is InChI=1S/C11H10NO2/c1-2-4-7-5-3-6-8-9(7)11(14)12-10(8)13/h3,5-6H,2,4H2,1H3. The minimum absolute atomic E-state index is 0.381. The topological polar surface area (TPSA) is 48.2 Å². The molecule has 0 spiro atoms. The van der Waals surface area contributed by atoms with E-state index in [0.29, 0.717) is 11.1 Å². The van der Waals surface area contributed by atoms with Crippen molar-refractivity contribution in [3.8, 4) is 0 Å². The number of hydrogen-bond donors (Lipinski definition) is 0. The molecule has 0 aliphatic carbocycles. The van der Waals surface area contributed by atoms with Gasteiger partial charge in [0.1, 0.15) is 0 Å². The Morgan fingerprint density at radius 2 is 2.00 bits per heavy atom. The molecule has 0 N–H and O–H groups in total. The Hall–Kier alpha value is -1.64. The van der Waals surface area contributed by atoms with Crippen LogP contribution in [0.3, 0.4) is 0 Å². The molecule has 2 amide bonds. The number of aryl methyl sites for hydroxylation is 1. The summed E-state index contributed by atoms with van der Waals surface area (Å²) in [6.07, 6.45) is 1.77. The molecule has 1 aromatic rings. The number of hydrogen-bond acceptors (Lipinski definition) is 2. The van der Waals surface area contributed by atoms with Gasteiger partial charge in [0.2, 0.25) is 0 Å². The van der Waals surface area contributed by atoms with Crippen LogP contribution in [0.1, 0.15) is 39.6 Å². The summed E-state index contributed by atoms with van der Waals surface area (Å²) in [5.41, 5.74) is 1.91. The van der Waals surface area contributed by atoms with E-state index in [9.17, 15) is 9.59 Å². The molecule has 0 fully saturated rings. The summed E-state index contributed by atoms with van der Waals surface area (Å²) in [5, 5.41) is 3.42. The normalized spacial score (nSPS) is 14.1. The van der Waals surface area contributed by atoms with Crippen molar-refractivity contribution in [1.82, 2.24) is 5.32 Å². The van der Waals surface area contributed by atoms with Crippen molar-refractivity contribution in [1.29, 1.82) is 0 Å². The van der Waals surface area contributed by atoms with E-state index in [1.807, 2.05) is 13.0 Å². The maximum atomic E-state index is 11.4. The predicted molar refractivity (Wildman–Crippen MR) is 51.2 cm³/mol. The van der Waals surface area contributed by atoms with Crippen LogP contribution in [0.4, 0.5) is 0 Å². The molecule has 0 unspecified atom stereocenters. The SMILES string of the molecule is CCCc1cccc2c1C(=O)[N]C2=O. The first-order valence-corrected chi connectivity index (χ1v) is 4.66. The van der Waals surface area contributed by atoms with E-state index in [-0.39, 0.29) is 5.91 Å². The van der Waals surface area contributed by atoms with Crippen LogP contribution in [-0.4, -0.2) is 11.8 Å². The van der Waals surface area contributed by atoms with Gasteiger partial charge in [0, 0.05) is 0 Å². The zero-order valence-electron chi connectivity index (χ0n) is 7.91. The minimum atomic E-state index is -0.400. The van der Waals surface area contributed by atoms with Crippen LogP contribution in [0.5, 0.6) is 0 Å². The molecule has 1 heterocycles. The first-order chi connectivity index (χ1) is 6.74. The molecule has 14 heavy (non-hydrogen) atoms. The number of nitrogens with zero attached hydrogens (tertiary/aromatic N) is 1. The molecule has 0 bridgehead atoms. The first-order valence-electron chi connectivity index (χ1n) is 4.66. The van der Waals surface area contributed by atoms with Gasteiger partial charge in [-0.2, -0.15) is 5.32 Å². The molecule has 2 rings (SSSR count).